The summed E-state index contributed by atoms with van der Waals surface area (Å²) in [5.74, 6) is 0. The third-order valence-corrected chi connectivity index (χ3v) is 0.500. The number of hydrogen-bond donors (Lipinski definition) is 4. The average Bonchev–Trinajstić information content (AvgIpc) is 1.88. The molecule has 0 aliphatic rings. The molecular formula is C4H16N4. The fourth-order valence-electron chi connectivity index (χ4n) is 0. The minimum Gasteiger partial charge on any atom is -0.261 e. The third kappa shape index (κ3) is 40.4. The molecule has 0 saturated heterocycles. The first-order valence-electron chi connectivity index (χ1n) is 2.50. The number of nitrogens with one attached hydrogen (secondary N) is 4. The van der Waals surface area contributed by atoms with Crippen LogP contribution in [0.25, 0.3) is 0 Å². The van der Waals surface area contributed by atoms with Gasteiger partial charge in [-0.25, -0.2) is 0 Å². The van der Waals surface area contributed by atoms with Crippen molar-refractivity contribution in [2.75, 3.05) is 28.2 Å². The molecule has 0 saturated carbocycles. The molecule has 52 valence electrons. The minimum absolute atomic E-state index is 1.82. The Balaban J connectivity index is 0. The van der Waals surface area contributed by atoms with E-state index in [1.807, 2.05) is 28.2 Å². The van der Waals surface area contributed by atoms with Crippen LogP contribution in [-0.2, 0) is 0 Å². The smallest absolute Gasteiger partial charge is 0.00150 e. The molecule has 0 aromatic heterocycles. The molecule has 8 heavy (non-hydrogen) atoms. The van der Waals surface area contributed by atoms with Crippen LogP contribution < -0.4 is 21.7 Å². The van der Waals surface area contributed by atoms with Crippen molar-refractivity contribution in [1.82, 2.24) is 21.7 Å². The Kier molecular flexibility index (Phi) is 21.3. The highest BCUT2D eigenvalue weighted by molar-refractivity contribution is 3.99. The molecule has 0 heterocycles. The van der Waals surface area contributed by atoms with Crippen molar-refractivity contribution < 1.29 is 0 Å². The highest BCUT2D eigenvalue weighted by Crippen LogP contribution is 1.08. The van der Waals surface area contributed by atoms with E-state index in [1.165, 1.54) is 0 Å². The molecule has 0 fully saturated rings. The molecule has 0 amide bonds. The Labute approximate surface area is 51.0 Å². The predicted molar refractivity (Wildman–Crippen MR) is 36.2 cm³/mol. The summed E-state index contributed by atoms with van der Waals surface area (Å²) < 4.78 is 0. The Hall–Kier alpha value is -0.160. The molecule has 0 aromatic carbocycles. The van der Waals surface area contributed by atoms with E-state index in [-0.39, 0.29) is 0 Å². The van der Waals surface area contributed by atoms with Crippen molar-refractivity contribution in [3.8, 4) is 0 Å². The van der Waals surface area contributed by atoms with Crippen LogP contribution in [0.15, 0.2) is 0 Å². The van der Waals surface area contributed by atoms with E-state index in [0.717, 1.165) is 0 Å². The summed E-state index contributed by atoms with van der Waals surface area (Å²) in [6.07, 6.45) is 0. The van der Waals surface area contributed by atoms with Crippen molar-refractivity contribution in [2.24, 2.45) is 0 Å². The molecule has 4 nitrogen and oxygen atoms in total. The van der Waals surface area contributed by atoms with Crippen molar-refractivity contribution in [3.05, 3.63) is 0 Å². The van der Waals surface area contributed by atoms with Gasteiger partial charge in [0.2, 0.25) is 0 Å². The van der Waals surface area contributed by atoms with Crippen LogP contribution in [-0.4, -0.2) is 28.2 Å². The zero-order valence-corrected chi connectivity index (χ0v) is 6.00. The van der Waals surface area contributed by atoms with Gasteiger partial charge in [-0.15, -0.1) is 0 Å². The summed E-state index contributed by atoms with van der Waals surface area (Å²) in [5.41, 5.74) is 10.7. The van der Waals surface area contributed by atoms with Gasteiger partial charge >= 0.3 is 0 Å². The number of rotatable bonds is 2. The summed E-state index contributed by atoms with van der Waals surface area (Å²) in [7, 11) is 7.28. The minimum atomic E-state index is 1.82. The van der Waals surface area contributed by atoms with Gasteiger partial charge in [0.05, 0.1) is 0 Å². The van der Waals surface area contributed by atoms with Crippen molar-refractivity contribution >= 4 is 0 Å². The maximum atomic E-state index is 2.68. The highest BCUT2D eigenvalue weighted by atomic mass is 15.3. The van der Waals surface area contributed by atoms with Gasteiger partial charge in [-0.3, -0.25) is 21.7 Å². The third-order valence-electron chi connectivity index (χ3n) is 0.500. The monoisotopic (exact) mass is 120 g/mol. The quantitative estimate of drug-likeness (QED) is 0.341. The first-order chi connectivity index (χ1) is 3.83. The molecular weight excluding hydrogens is 104 g/mol. The van der Waals surface area contributed by atoms with E-state index < -0.39 is 0 Å². The van der Waals surface area contributed by atoms with Crippen LogP contribution >= 0.6 is 0 Å². The van der Waals surface area contributed by atoms with Crippen LogP contribution in [0, 0.1) is 0 Å². The van der Waals surface area contributed by atoms with Gasteiger partial charge in [-0.2, -0.15) is 0 Å². The molecule has 0 aliphatic carbocycles. The van der Waals surface area contributed by atoms with Gasteiger partial charge in [0.25, 0.3) is 0 Å². The van der Waals surface area contributed by atoms with E-state index in [9.17, 15) is 0 Å². The number of hydrazine groups is 2. The number of hydrogen-bond acceptors (Lipinski definition) is 4. The lowest BCUT2D eigenvalue weighted by Crippen LogP contribution is -2.21. The van der Waals surface area contributed by atoms with Crippen LogP contribution in [0.2, 0.25) is 0 Å². The molecule has 0 aromatic rings. The normalized spacial score (nSPS) is 7.50. The SMILES string of the molecule is CNNC.CNNC. The topological polar surface area (TPSA) is 48.1 Å². The van der Waals surface area contributed by atoms with Crippen LogP contribution in [0.1, 0.15) is 0 Å². The van der Waals surface area contributed by atoms with Gasteiger partial charge in [-0.05, 0) is 28.2 Å². The van der Waals surface area contributed by atoms with Crippen LogP contribution in [0.5, 0.6) is 0 Å². The van der Waals surface area contributed by atoms with E-state index in [4.69, 9.17) is 0 Å². The second-order valence-corrected chi connectivity index (χ2v) is 1.00. The average molecular weight is 120 g/mol. The highest BCUT2D eigenvalue weighted by Gasteiger charge is 1.44. The zero-order chi connectivity index (χ0) is 6.83. The molecule has 0 unspecified atom stereocenters. The molecule has 0 rings (SSSR count). The van der Waals surface area contributed by atoms with Gasteiger partial charge in [0.1, 0.15) is 0 Å². The molecule has 4 N–H and O–H groups in total. The van der Waals surface area contributed by atoms with E-state index in [1.54, 1.807) is 0 Å². The summed E-state index contributed by atoms with van der Waals surface area (Å²) >= 11 is 0. The second kappa shape index (κ2) is 15.8. The molecule has 0 bridgehead atoms. The lowest BCUT2D eigenvalue weighted by Gasteiger charge is -1.81. The summed E-state index contributed by atoms with van der Waals surface area (Å²) in [4.78, 5) is 0. The molecule has 0 aliphatic heterocycles. The largest absolute Gasteiger partial charge is 0.261 e. The zero-order valence-electron chi connectivity index (χ0n) is 6.00. The van der Waals surface area contributed by atoms with E-state index >= 15 is 0 Å². The lowest BCUT2D eigenvalue weighted by molar-refractivity contribution is 0.689. The Morgan fingerprint density at radius 3 is 0.625 bits per heavy atom. The van der Waals surface area contributed by atoms with Crippen molar-refractivity contribution in [3.63, 3.8) is 0 Å². The first kappa shape index (κ1) is 10.8. The molecule has 0 atom stereocenters. The molecule has 0 spiro atoms. The second-order valence-electron chi connectivity index (χ2n) is 1.00. The molecule has 4 heteroatoms. The van der Waals surface area contributed by atoms with Gasteiger partial charge in [0.15, 0.2) is 0 Å². The molecule has 0 radical (unpaired) electrons. The Morgan fingerprint density at radius 1 is 0.500 bits per heavy atom. The fourth-order valence-corrected chi connectivity index (χ4v) is 0. The van der Waals surface area contributed by atoms with Gasteiger partial charge in [0, 0.05) is 0 Å². The maximum absolute atomic E-state index is 2.68. The summed E-state index contributed by atoms with van der Waals surface area (Å²) in [5, 5.41) is 0. The van der Waals surface area contributed by atoms with Crippen molar-refractivity contribution in [1.29, 1.82) is 0 Å². The fraction of sp³-hybridized carbons (Fsp3) is 1.00. The summed E-state index contributed by atoms with van der Waals surface area (Å²) in [6.45, 7) is 0. The van der Waals surface area contributed by atoms with Crippen LogP contribution in [0.4, 0.5) is 0 Å². The maximum Gasteiger partial charge on any atom is -0.00150 e. The predicted octanol–water partition coefficient (Wildman–Crippen LogP) is -1.32. The lowest BCUT2D eigenvalue weighted by atomic mass is 11.4. The van der Waals surface area contributed by atoms with Crippen LogP contribution in [0.3, 0.4) is 0 Å². The van der Waals surface area contributed by atoms with E-state index in [2.05, 4.69) is 21.7 Å². The Bertz CT molecular complexity index is 16.0. The first-order valence-corrected chi connectivity index (χ1v) is 2.50. The van der Waals surface area contributed by atoms with E-state index in [0.29, 0.717) is 0 Å². The Morgan fingerprint density at radius 2 is 0.625 bits per heavy atom. The van der Waals surface area contributed by atoms with Gasteiger partial charge in [-0.1, -0.05) is 0 Å². The van der Waals surface area contributed by atoms with Crippen molar-refractivity contribution in [2.45, 2.75) is 0 Å². The van der Waals surface area contributed by atoms with Gasteiger partial charge < -0.3 is 0 Å². The summed E-state index contributed by atoms with van der Waals surface area (Å²) in [6, 6.07) is 0. The standard InChI is InChI=1S/2C2H8N2/c2*1-3-4-2/h2*3-4H,1-2H3.